The lowest BCUT2D eigenvalue weighted by Gasteiger charge is -2.46. The van der Waals surface area contributed by atoms with Gasteiger partial charge in [0.2, 0.25) is 0 Å². The minimum absolute atomic E-state index is 0.399. The van der Waals surface area contributed by atoms with Crippen LogP contribution < -0.4 is 4.90 Å². The van der Waals surface area contributed by atoms with Crippen LogP contribution in [0, 0.1) is 24.7 Å². The number of rotatable bonds is 6. The fourth-order valence-electron chi connectivity index (χ4n) is 6.76. The highest BCUT2D eigenvalue weighted by Crippen LogP contribution is 2.44. The highest BCUT2D eigenvalue weighted by atomic mass is 16.5. The van der Waals surface area contributed by atoms with Crippen molar-refractivity contribution < 1.29 is 9.84 Å². The summed E-state index contributed by atoms with van der Waals surface area (Å²) in [6.45, 7) is 15.3. The van der Waals surface area contributed by atoms with Crippen molar-refractivity contribution in [3.8, 4) is 5.75 Å². The normalized spacial score (nSPS) is 27.2. The first-order valence-electron chi connectivity index (χ1n) is 14.8. The van der Waals surface area contributed by atoms with Crippen LogP contribution in [0.15, 0.2) is 49.1 Å². The zero-order chi connectivity index (χ0) is 26.4. The predicted molar refractivity (Wildman–Crippen MR) is 157 cm³/mol. The number of aryl methyl sites for hydroxylation is 3. The van der Waals surface area contributed by atoms with Gasteiger partial charge >= 0.3 is 0 Å². The maximum absolute atomic E-state index is 10.2. The summed E-state index contributed by atoms with van der Waals surface area (Å²) in [5, 5.41) is 10.2. The lowest BCUT2D eigenvalue weighted by atomic mass is 9.68. The summed E-state index contributed by atoms with van der Waals surface area (Å²) in [5.41, 5.74) is 7.10. The van der Waals surface area contributed by atoms with E-state index in [-0.39, 0.29) is 0 Å². The monoisotopic (exact) mass is 503 g/mol. The molecule has 1 saturated carbocycles. The lowest BCUT2D eigenvalue weighted by Crippen LogP contribution is -2.46. The number of benzene rings is 2. The summed E-state index contributed by atoms with van der Waals surface area (Å²) in [5.74, 6) is 3.16. The fourth-order valence-corrected chi connectivity index (χ4v) is 6.76. The molecule has 5 rings (SSSR count). The van der Waals surface area contributed by atoms with Crippen LogP contribution >= 0.6 is 0 Å². The molecule has 2 heterocycles. The van der Waals surface area contributed by atoms with E-state index in [4.69, 9.17) is 4.74 Å². The second-order valence-electron chi connectivity index (χ2n) is 11.9. The number of hydrogen-bond acceptors (Lipinski definition) is 3. The first-order valence-corrected chi connectivity index (χ1v) is 14.8. The molecule has 37 heavy (non-hydrogen) atoms. The van der Waals surface area contributed by atoms with Crippen molar-refractivity contribution in [2.75, 3.05) is 24.6 Å². The number of anilines is 1. The van der Waals surface area contributed by atoms with Gasteiger partial charge in [-0.2, -0.15) is 0 Å². The Kier molecular flexibility index (Phi) is 9.76. The molecule has 1 N–H and O–H groups in total. The molecule has 202 valence electrons. The van der Waals surface area contributed by atoms with Gasteiger partial charge in [0.05, 0.1) is 6.10 Å². The molecular formula is C34H49NO2. The van der Waals surface area contributed by atoms with E-state index in [0.717, 1.165) is 56.7 Å². The van der Waals surface area contributed by atoms with Gasteiger partial charge in [-0.25, -0.2) is 0 Å². The van der Waals surface area contributed by atoms with Crippen LogP contribution in [0.25, 0.3) is 0 Å². The summed E-state index contributed by atoms with van der Waals surface area (Å²) in [6.07, 6.45) is 11.8. The van der Waals surface area contributed by atoms with Crippen LogP contribution in [0.4, 0.5) is 5.69 Å². The molecule has 0 spiro atoms. The average Bonchev–Trinajstić information content (AvgIpc) is 3.02. The molecule has 0 radical (unpaired) electrons. The first kappa shape index (κ1) is 27.8. The standard InChI is InChI=1S/C31H43NO2.C3H6/c1-4-5-24-18-27(33)11-13-28(24)25-9-8-23-7-6-21(2)16-30(23)32(19-25)20-26-10-12-29(26)31-17-22(3)14-15-34-31;1-3-2/h6-7,11,13,16,18,22,25-26,29,31,33H,4-5,8-10,12,14-15,17,19-20H2,1-3H3;3H,1H2,2H3. The zero-order valence-corrected chi connectivity index (χ0v) is 23.7. The van der Waals surface area contributed by atoms with E-state index >= 15 is 0 Å². The summed E-state index contributed by atoms with van der Waals surface area (Å²) in [6, 6.07) is 13.2. The quantitative estimate of drug-likeness (QED) is 0.403. The molecule has 0 aromatic heterocycles. The van der Waals surface area contributed by atoms with E-state index < -0.39 is 0 Å². The smallest absolute Gasteiger partial charge is 0.115 e. The third kappa shape index (κ3) is 6.79. The van der Waals surface area contributed by atoms with Crippen LogP contribution in [0.5, 0.6) is 5.75 Å². The highest BCUT2D eigenvalue weighted by Gasteiger charge is 2.40. The van der Waals surface area contributed by atoms with Crippen LogP contribution in [-0.2, 0) is 17.6 Å². The molecule has 0 amide bonds. The van der Waals surface area contributed by atoms with Gasteiger partial charge in [0.15, 0.2) is 0 Å². The van der Waals surface area contributed by atoms with Crippen molar-refractivity contribution >= 4 is 5.69 Å². The van der Waals surface area contributed by atoms with Gasteiger partial charge in [-0.05, 0) is 117 Å². The van der Waals surface area contributed by atoms with Crippen molar-refractivity contribution in [1.82, 2.24) is 0 Å². The Morgan fingerprint density at radius 1 is 1.11 bits per heavy atom. The van der Waals surface area contributed by atoms with E-state index in [2.05, 4.69) is 56.5 Å². The van der Waals surface area contributed by atoms with Crippen LogP contribution in [0.1, 0.15) is 87.5 Å². The van der Waals surface area contributed by atoms with Gasteiger partial charge in [-0.15, -0.1) is 6.58 Å². The van der Waals surface area contributed by atoms with Crippen LogP contribution in [0.3, 0.4) is 0 Å². The van der Waals surface area contributed by atoms with E-state index in [1.54, 1.807) is 6.08 Å². The molecule has 3 heteroatoms. The van der Waals surface area contributed by atoms with Crippen molar-refractivity contribution in [3.63, 3.8) is 0 Å². The van der Waals surface area contributed by atoms with Crippen molar-refractivity contribution in [2.45, 2.75) is 91.1 Å². The maximum atomic E-state index is 10.2. The molecule has 3 nitrogen and oxygen atoms in total. The van der Waals surface area contributed by atoms with Crippen LogP contribution in [0.2, 0.25) is 0 Å². The maximum Gasteiger partial charge on any atom is 0.115 e. The molecule has 2 aromatic rings. The minimum atomic E-state index is 0.399. The van der Waals surface area contributed by atoms with Gasteiger partial charge in [-0.1, -0.05) is 44.5 Å². The first-order chi connectivity index (χ1) is 17.9. The molecule has 5 atom stereocenters. The number of phenolic OH excluding ortho intramolecular Hbond substituents is 1. The molecule has 2 fully saturated rings. The third-order valence-corrected chi connectivity index (χ3v) is 8.86. The van der Waals surface area contributed by atoms with Crippen molar-refractivity contribution in [2.24, 2.45) is 17.8 Å². The molecule has 3 aliphatic rings. The SMILES string of the molecule is C=CC.CCCc1cc(O)ccc1C1CCc2ccc(C)cc2N(CC2CCC2C2CC(C)CCO2)C1. The number of phenols is 1. The topological polar surface area (TPSA) is 32.7 Å². The van der Waals surface area contributed by atoms with E-state index in [9.17, 15) is 5.11 Å². The Hall–Kier alpha value is -2.26. The molecule has 2 aliphatic heterocycles. The van der Waals surface area contributed by atoms with Gasteiger partial charge in [0.1, 0.15) is 5.75 Å². The molecule has 1 aliphatic carbocycles. The Morgan fingerprint density at radius 2 is 1.92 bits per heavy atom. The summed E-state index contributed by atoms with van der Waals surface area (Å²) >= 11 is 0. The number of nitrogens with zero attached hydrogens (tertiary/aromatic N) is 1. The third-order valence-electron chi connectivity index (χ3n) is 8.86. The number of allylic oxidation sites excluding steroid dienone is 1. The van der Waals surface area contributed by atoms with E-state index in [0.29, 0.717) is 17.8 Å². The highest BCUT2D eigenvalue weighted by molar-refractivity contribution is 5.57. The van der Waals surface area contributed by atoms with Gasteiger partial charge < -0.3 is 14.7 Å². The summed E-state index contributed by atoms with van der Waals surface area (Å²) < 4.78 is 6.29. The van der Waals surface area contributed by atoms with Gasteiger partial charge in [-0.3, -0.25) is 0 Å². The molecule has 1 saturated heterocycles. The Morgan fingerprint density at radius 3 is 2.62 bits per heavy atom. The van der Waals surface area contributed by atoms with Crippen LogP contribution in [-0.4, -0.2) is 30.9 Å². The number of fused-ring (bicyclic) bond motifs is 1. The minimum Gasteiger partial charge on any atom is -0.508 e. The molecule has 2 aromatic carbocycles. The Balaban J connectivity index is 0.00000102. The number of aromatic hydroxyl groups is 1. The van der Waals surface area contributed by atoms with E-state index in [1.807, 2.05) is 19.1 Å². The fraction of sp³-hybridized carbons (Fsp3) is 0.588. The second-order valence-corrected chi connectivity index (χ2v) is 11.9. The average molecular weight is 504 g/mol. The number of hydrogen-bond donors (Lipinski definition) is 1. The van der Waals surface area contributed by atoms with E-state index in [1.165, 1.54) is 60.0 Å². The molecule has 5 unspecified atom stereocenters. The number of ether oxygens (including phenoxy) is 1. The molecule has 0 bridgehead atoms. The Bertz CT molecular complexity index is 1030. The van der Waals surface area contributed by atoms with Gasteiger partial charge in [0, 0.05) is 31.3 Å². The summed E-state index contributed by atoms with van der Waals surface area (Å²) in [4.78, 5) is 2.73. The zero-order valence-electron chi connectivity index (χ0n) is 23.7. The van der Waals surface area contributed by atoms with Crippen molar-refractivity contribution in [1.29, 1.82) is 0 Å². The summed E-state index contributed by atoms with van der Waals surface area (Å²) in [7, 11) is 0. The van der Waals surface area contributed by atoms with Crippen molar-refractivity contribution in [3.05, 3.63) is 71.3 Å². The lowest BCUT2D eigenvalue weighted by molar-refractivity contribution is -0.0799. The largest absolute Gasteiger partial charge is 0.508 e. The predicted octanol–water partition coefficient (Wildman–Crippen LogP) is 8.22. The second kappa shape index (κ2) is 13.0. The Labute approximate surface area is 225 Å². The van der Waals surface area contributed by atoms with Gasteiger partial charge in [0.25, 0.3) is 0 Å². The molecular weight excluding hydrogens is 454 g/mol.